The Morgan fingerprint density at radius 3 is 2.20 bits per heavy atom. The molecular formula is C12H29NOS. The van der Waals surface area contributed by atoms with Crippen molar-refractivity contribution < 1.29 is 4.21 Å². The summed E-state index contributed by atoms with van der Waals surface area (Å²) in [5.41, 5.74) is 0. The third kappa shape index (κ3) is 5.67. The van der Waals surface area contributed by atoms with E-state index in [0.717, 1.165) is 6.42 Å². The van der Waals surface area contributed by atoms with Gasteiger partial charge in [0.25, 0.3) is 0 Å². The van der Waals surface area contributed by atoms with Crippen LogP contribution in [0.15, 0.2) is 0 Å². The first-order valence-corrected chi connectivity index (χ1v) is 8.21. The highest BCUT2D eigenvalue weighted by molar-refractivity contribution is 8.01. The Morgan fingerprint density at radius 1 is 1.27 bits per heavy atom. The molecule has 0 saturated carbocycles. The average Bonchev–Trinajstić information content (AvgIpc) is 2.01. The maximum Gasteiger partial charge on any atom is 0.0266 e. The van der Waals surface area contributed by atoms with E-state index in [1.807, 2.05) is 27.0 Å². The summed E-state index contributed by atoms with van der Waals surface area (Å²) in [5.74, 6) is 0. The molecule has 0 saturated heterocycles. The van der Waals surface area contributed by atoms with Crippen LogP contribution in [0, 0.1) is 0 Å². The van der Waals surface area contributed by atoms with Crippen molar-refractivity contribution in [2.24, 2.45) is 0 Å². The fraction of sp³-hybridized carbons (Fsp3) is 1.00. The molecule has 3 heteroatoms. The summed E-state index contributed by atoms with van der Waals surface area (Å²) in [6.45, 7) is 10.5. The molecule has 0 amide bonds. The van der Waals surface area contributed by atoms with Gasteiger partial charge in [-0.1, -0.05) is 36.3 Å². The van der Waals surface area contributed by atoms with Crippen LogP contribution in [0.2, 0.25) is 0 Å². The van der Waals surface area contributed by atoms with Gasteiger partial charge in [-0.05, 0) is 34.1 Å². The predicted octanol–water partition coefficient (Wildman–Crippen LogP) is 2.90. The van der Waals surface area contributed by atoms with E-state index in [2.05, 4.69) is 18.6 Å². The Kier molecular flexibility index (Phi) is 6.04. The lowest BCUT2D eigenvalue weighted by atomic mass is 10.1. The Balaban J connectivity index is 4.06. The van der Waals surface area contributed by atoms with Crippen molar-refractivity contribution in [2.45, 2.75) is 71.1 Å². The third-order valence-electron chi connectivity index (χ3n) is 2.99. The molecule has 0 aromatic heterocycles. The highest BCUT2D eigenvalue weighted by Gasteiger charge is 2.26. The first kappa shape index (κ1) is 15.1. The summed E-state index contributed by atoms with van der Waals surface area (Å²) in [4.78, 5) is 0. The number of hydrogen-bond donors (Lipinski definition) is 2. The molecule has 0 radical (unpaired) electrons. The Hall–Kier alpha value is 0.110. The monoisotopic (exact) mass is 235 g/mol. The van der Waals surface area contributed by atoms with E-state index in [0.29, 0.717) is 6.04 Å². The summed E-state index contributed by atoms with van der Waals surface area (Å²) in [5, 5.41) is 0. The van der Waals surface area contributed by atoms with Crippen LogP contribution >= 0.6 is 0 Å². The molecule has 0 aliphatic rings. The molecule has 0 spiro atoms. The van der Waals surface area contributed by atoms with Crippen LogP contribution in [-0.2, 0) is 10.1 Å². The molecule has 1 atom stereocenters. The zero-order valence-electron chi connectivity index (χ0n) is 11.3. The van der Waals surface area contributed by atoms with Crippen LogP contribution in [0.25, 0.3) is 0 Å². The van der Waals surface area contributed by atoms with Crippen molar-refractivity contribution in [1.29, 1.82) is 0 Å². The summed E-state index contributed by atoms with van der Waals surface area (Å²) in [7, 11) is -2.23. The zero-order valence-corrected chi connectivity index (χ0v) is 12.2. The quantitative estimate of drug-likeness (QED) is 0.538. The van der Waals surface area contributed by atoms with E-state index < -0.39 is 10.1 Å². The van der Waals surface area contributed by atoms with Gasteiger partial charge in [-0.15, -0.1) is 0 Å². The number of rotatable bonds is 6. The predicted molar refractivity (Wildman–Crippen MR) is 72.0 cm³/mol. The first-order valence-electron chi connectivity index (χ1n) is 6.06. The molecule has 1 unspecified atom stereocenters. The largest absolute Gasteiger partial charge is 0.271 e. The van der Waals surface area contributed by atoms with E-state index in [1.165, 1.54) is 19.3 Å². The maximum absolute atomic E-state index is 12.4. The maximum atomic E-state index is 12.4. The van der Waals surface area contributed by atoms with Gasteiger partial charge in [0, 0.05) is 17.0 Å². The summed E-state index contributed by atoms with van der Waals surface area (Å²) >= 11 is 0. The van der Waals surface area contributed by atoms with Crippen LogP contribution in [0.3, 0.4) is 0 Å². The molecule has 0 bridgehead atoms. The standard InChI is InChI=1S/C12H29NOS/c1-7-8-9-10-11(2)13-15(6,14)12(3,4)5/h11,15H,7-10H2,1-6H3,(H,13,14). The zero-order chi connectivity index (χ0) is 12.1. The first-order chi connectivity index (χ1) is 6.70. The fourth-order valence-electron chi connectivity index (χ4n) is 1.38. The second-order valence-corrected chi connectivity index (χ2v) is 9.07. The molecule has 94 valence electrons. The van der Waals surface area contributed by atoms with Crippen molar-refractivity contribution in [3.8, 4) is 0 Å². The van der Waals surface area contributed by atoms with Gasteiger partial charge in [0.2, 0.25) is 0 Å². The normalized spacial score (nSPS) is 16.4. The second-order valence-electron chi connectivity index (χ2n) is 5.62. The lowest BCUT2D eigenvalue weighted by Gasteiger charge is -2.36. The molecule has 0 aromatic rings. The van der Waals surface area contributed by atoms with Crippen LogP contribution in [0.1, 0.15) is 60.3 Å². The molecule has 0 heterocycles. The molecule has 1 N–H and O–H groups in total. The topological polar surface area (TPSA) is 29.1 Å². The highest BCUT2D eigenvalue weighted by atomic mass is 32.3. The van der Waals surface area contributed by atoms with Crippen LogP contribution in [0.4, 0.5) is 0 Å². The van der Waals surface area contributed by atoms with Gasteiger partial charge in [0.05, 0.1) is 0 Å². The number of unbranched alkanes of at least 4 members (excludes halogenated alkanes) is 2. The molecular weight excluding hydrogens is 206 g/mol. The molecule has 0 aliphatic heterocycles. The molecule has 0 rings (SSSR count). The minimum atomic E-state index is -2.23. The average molecular weight is 235 g/mol. The minimum Gasteiger partial charge on any atom is -0.271 e. The highest BCUT2D eigenvalue weighted by Crippen LogP contribution is 2.20. The van der Waals surface area contributed by atoms with Crippen LogP contribution in [-0.4, -0.2) is 21.3 Å². The van der Waals surface area contributed by atoms with Crippen molar-refractivity contribution in [1.82, 2.24) is 4.72 Å². The number of nitrogens with one attached hydrogen (secondary N) is 1. The van der Waals surface area contributed by atoms with Crippen LogP contribution in [0.5, 0.6) is 0 Å². The SMILES string of the molecule is CCCCCC(C)N[SH](C)(=O)C(C)(C)C. The van der Waals surface area contributed by atoms with E-state index in [9.17, 15) is 4.21 Å². The minimum absolute atomic E-state index is 0.133. The fourth-order valence-corrected chi connectivity index (χ4v) is 2.74. The number of thiol groups is 1. The van der Waals surface area contributed by atoms with Crippen LogP contribution < -0.4 is 4.72 Å². The van der Waals surface area contributed by atoms with Gasteiger partial charge in [-0.25, -0.2) is 0 Å². The molecule has 0 aliphatic carbocycles. The summed E-state index contributed by atoms with van der Waals surface area (Å²) in [6.07, 6.45) is 6.74. The summed E-state index contributed by atoms with van der Waals surface area (Å²) in [6, 6.07) is 0.367. The van der Waals surface area contributed by atoms with E-state index >= 15 is 0 Å². The van der Waals surface area contributed by atoms with Crippen molar-refractivity contribution >= 4 is 10.1 Å². The van der Waals surface area contributed by atoms with Gasteiger partial charge in [0.1, 0.15) is 0 Å². The Bertz CT molecular complexity index is 220. The number of hydrogen-bond acceptors (Lipinski definition) is 1. The Morgan fingerprint density at radius 2 is 1.80 bits per heavy atom. The Labute approximate surface area is 96.8 Å². The van der Waals surface area contributed by atoms with Gasteiger partial charge in [0.15, 0.2) is 0 Å². The van der Waals surface area contributed by atoms with E-state index in [-0.39, 0.29) is 4.75 Å². The molecule has 15 heavy (non-hydrogen) atoms. The van der Waals surface area contributed by atoms with Crippen molar-refractivity contribution in [3.63, 3.8) is 0 Å². The van der Waals surface area contributed by atoms with Gasteiger partial charge >= 0.3 is 0 Å². The molecule has 0 fully saturated rings. The van der Waals surface area contributed by atoms with Crippen molar-refractivity contribution in [3.05, 3.63) is 0 Å². The van der Waals surface area contributed by atoms with Gasteiger partial charge in [-0.2, -0.15) is 0 Å². The van der Waals surface area contributed by atoms with Gasteiger partial charge < -0.3 is 0 Å². The smallest absolute Gasteiger partial charge is 0.0266 e. The molecule has 0 aromatic carbocycles. The van der Waals surface area contributed by atoms with Crippen molar-refractivity contribution in [2.75, 3.05) is 6.26 Å². The lowest BCUT2D eigenvalue weighted by molar-refractivity contribution is 0.541. The van der Waals surface area contributed by atoms with E-state index in [4.69, 9.17) is 0 Å². The van der Waals surface area contributed by atoms with Gasteiger partial charge in [-0.3, -0.25) is 8.93 Å². The lowest BCUT2D eigenvalue weighted by Crippen LogP contribution is -2.48. The third-order valence-corrected chi connectivity index (χ3v) is 6.48. The summed E-state index contributed by atoms with van der Waals surface area (Å²) < 4.78 is 15.5. The molecule has 2 nitrogen and oxygen atoms in total. The van der Waals surface area contributed by atoms with E-state index in [1.54, 1.807) is 0 Å². The second kappa shape index (κ2) is 6.00.